The molecule has 0 amide bonds. The van der Waals surface area contributed by atoms with Crippen molar-refractivity contribution < 1.29 is 0 Å². The molecule has 102 valence electrons. The zero-order valence-electron chi connectivity index (χ0n) is 10.5. The zero-order chi connectivity index (χ0) is 14.0. The summed E-state index contributed by atoms with van der Waals surface area (Å²) in [6.07, 6.45) is 2.66. The predicted octanol–water partition coefficient (Wildman–Crippen LogP) is 2.71. The Morgan fingerprint density at radius 1 is 1.32 bits per heavy atom. The average Bonchev–Trinajstić information content (AvgIpc) is 2.73. The quantitative estimate of drug-likeness (QED) is 0.597. The Bertz CT molecular complexity index is 595. The van der Waals surface area contributed by atoms with Crippen LogP contribution in [-0.4, -0.2) is 14.8 Å². The Balaban J connectivity index is 2.37. The van der Waals surface area contributed by atoms with Gasteiger partial charge < -0.3 is 10.7 Å². The van der Waals surface area contributed by atoms with E-state index in [1.165, 1.54) is 0 Å². The van der Waals surface area contributed by atoms with Crippen molar-refractivity contribution in [1.29, 1.82) is 0 Å². The lowest BCUT2D eigenvalue weighted by Crippen LogP contribution is -2.10. The lowest BCUT2D eigenvalue weighted by Gasteiger charge is -2.10. The van der Waals surface area contributed by atoms with Crippen LogP contribution in [0, 0.1) is 0 Å². The molecule has 0 saturated heterocycles. The highest BCUT2D eigenvalue weighted by Crippen LogP contribution is 2.31. The molecular weight excluding hydrogens is 287 g/mol. The molecule has 2 rings (SSSR count). The second-order valence-corrected chi connectivity index (χ2v) is 4.75. The molecule has 0 unspecified atom stereocenters. The van der Waals surface area contributed by atoms with Crippen molar-refractivity contribution in [3.63, 3.8) is 0 Å². The van der Waals surface area contributed by atoms with E-state index in [2.05, 4.69) is 20.8 Å². The molecule has 8 heteroatoms. The van der Waals surface area contributed by atoms with Crippen LogP contribution in [0.3, 0.4) is 0 Å². The smallest absolute Gasteiger partial charge is 0.161 e. The molecule has 0 aliphatic heterocycles. The number of hydrogen-bond acceptors (Lipinski definition) is 5. The standard InChI is InChI=1S/C11H14Cl2N6/c1-3-8-9(5-19(2)18-8)15-10-6(12)4-7(13)11(16-10)17-14/h4-5H,3,14H2,1-2H3,(H2,15,16,17). The molecule has 0 spiro atoms. The van der Waals surface area contributed by atoms with Crippen LogP contribution in [0.25, 0.3) is 0 Å². The molecule has 0 atom stereocenters. The molecule has 0 radical (unpaired) electrons. The maximum Gasteiger partial charge on any atom is 0.161 e. The van der Waals surface area contributed by atoms with Gasteiger partial charge in [-0.1, -0.05) is 30.1 Å². The van der Waals surface area contributed by atoms with Crippen LogP contribution in [0.2, 0.25) is 10.0 Å². The fourth-order valence-electron chi connectivity index (χ4n) is 1.68. The number of nitrogens with zero attached hydrogens (tertiary/aromatic N) is 3. The maximum atomic E-state index is 6.11. The number of aryl methyl sites for hydroxylation is 2. The van der Waals surface area contributed by atoms with Gasteiger partial charge in [0.2, 0.25) is 0 Å². The minimum atomic E-state index is 0.357. The van der Waals surface area contributed by atoms with E-state index in [1.807, 2.05) is 20.2 Å². The van der Waals surface area contributed by atoms with Gasteiger partial charge in [0.15, 0.2) is 11.6 Å². The summed E-state index contributed by atoms with van der Waals surface area (Å²) >= 11 is 12.0. The zero-order valence-corrected chi connectivity index (χ0v) is 12.0. The number of nitrogens with two attached hydrogens (primary N) is 1. The number of hydrogen-bond donors (Lipinski definition) is 3. The number of pyridine rings is 1. The van der Waals surface area contributed by atoms with Crippen LogP contribution in [-0.2, 0) is 13.5 Å². The van der Waals surface area contributed by atoms with E-state index in [1.54, 1.807) is 10.7 Å². The molecule has 0 aliphatic carbocycles. The third-order valence-electron chi connectivity index (χ3n) is 2.56. The summed E-state index contributed by atoms with van der Waals surface area (Å²) in [5.74, 6) is 6.17. The third-order valence-corrected chi connectivity index (χ3v) is 3.14. The first kappa shape index (κ1) is 13.9. The first-order valence-electron chi connectivity index (χ1n) is 5.67. The molecule has 0 saturated carbocycles. The Morgan fingerprint density at radius 2 is 2.00 bits per heavy atom. The van der Waals surface area contributed by atoms with Gasteiger partial charge in [0.1, 0.15) is 0 Å². The molecule has 0 bridgehead atoms. The van der Waals surface area contributed by atoms with Crippen molar-refractivity contribution in [2.24, 2.45) is 12.9 Å². The van der Waals surface area contributed by atoms with Gasteiger partial charge in [0.05, 0.1) is 21.4 Å². The first-order valence-corrected chi connectivity index (χ1v) is 6.43. The van der Waals surface area contributed by atoms with Crippen molar-refractivity contribution in [3.8, 4) is 0 Å². The summed E-state index contributed by atoms with van der Waals surface area (Å²) in [5.41, 5.74) is 4.20. The van der Waals surface area contributed by atoms with Crippen molar-refractivity contribution >= 4 is 40.5 Å². The SMILES string of the molecule is CCc1nn(C)cc1Nc1nc(NN)c(Cl)cc1Cl. The van der Waals surface area contributed by atoms with Gasteiger partial charge in [0, 0.05) is 13.2 Å². The first-order chi connectivity index (χ1) is 9.05. The maximum absolute atomic E-state index is 6.11. The Labute approximate surface area is 120 Å². The second-order valence-electron chi connectivity index (χ2n) is 3.94. The summed E-state index contributed by atoms with van der Waals surface area (Å²) in [6.45, 7) is 2.03. The van der Waals surface area contributed by atoms with E-state index < -0.39 is 0 Å². The summed E-state index contributed by atoms with van der Waals surface area (Å²) in [5, 5.41) is 8.24. The summed E-state index contributed by atoms with van der Waals surface area (Å²) in [7, 11) is 1.86. The minimum absolute atomic E-state index is 0.357. The Kier molecular flexibility index (Phi) is 4.14. The van der Waals surface area contributed by atoms with Crippen LogP contribution in [0.15, 0.2) is 12.3 Å². The number of hydrazine groups is 1. The summed E-state index contributed by atoms with van der Waals surface area (Å²) in [6, 6.07) is 1.58. The fourth-order valence-corrected chi connectivity index (χ4v) is 2.14. The number of anilines is 3. The minimum Gasteiger partial charge on any atom is -0.336 e. The van der Waals surface area contributed by atoms with E-state index in [4.69, 9.17) is 29.0 Å². The molecule has 19 heavy (non-hydrogen) atoms. The summed E-state index contributed by atoms with van der Waals surface area (Å²) < 4.78 is 1.73. The highest BCUT2D eigenvalue weighted by Gasteiger charge is 2.12. The van der Waals surface area contributed by atoms with Crippen LogP contribution in [0.4, 0.5) is 17.3 Å². The number of rotatable bonds is 4. The molecule has 6 nitrogen and oxygen atoms in total. The molecule has 2 aromatic heterocycles. The monoisotopic (exact) mass is 300 g/mol. The lowest BCUT2D eigenvalue weighted by molar-refractivity contribution is 0.746. The van der Waals surface area contributed by atoms with Gasteiger partial charge in [-0.2, -0.15) is 5.10 Å². The van der Waals surface area contributed by atoms with Gasteiger partial charge in [-0.15, -0.1) is 0 Å². The lowest BCUT2D eigenvalue weighted by atomic mass is 10.3. The van der Waals surface area contributed by atoms with E-state index >= 15 is 0 Å². The average molecular weight is 301 g/mol. The van der Waals surface area contributed by atoms with Crippen molar-refractivity contribution in [1.82, 2.24) is 14.8 Å². The molecule has 4 N–H and O–H groups in total. The normalized spacial score (nSPS) is 10.6. The van der Waals surface area contributed by atoms with Gasteiger partial charge in [-0.3, -0.25) is 4.68 Å². The molecule has 2 heterocycles. The molecule has 0 aliphatic rings. The van der Waals surface area contributed by atoms with Crippen LogP contribution >= 0.6 is 23.2 Å². The molecular formula is C11H14Cl2N6. The number of halogens is 2. The van der Waals surface area contributed by atoms with Crippen molar-refractivity contribution in [2.75, 3.05) is 10.7 Å². The van der Waals surface area contributed by atoms with E-state index in [0.717, 1.165) is 17.8 Å². The predicted molar refractivity (Wildman–Crippen MR) is 77.9 cm³/mol. The Hall–Kier alpha value is -1.50. The third kappa shape index (κ3) is 2.91. The number of aromatic nitrogens is 3. The van der Waals surface area contributed by atoms with Gasteiger partial charge >= 0.3 is 0 Å². The van der Waals surface area contributed by atoms with Crippen molar-refractivity contribution in [3.05, 3.63) is 28.0 Å². The highest BCUT2D eigenvalue weighted by atomic mass is 35.5. The van der Waals surface area contributed by atoms with E-state index in [0.29, 0.717) is 21.7 Å². The van der Waals surface area contributed by atoms with Crippen LogP contribution in [0.1, 0.15) is 12.6 Å². The van der Waals surface area contributed by atoms with Gasteiger partial charge in [-0.05, 0) is 12.5 Å². The molecule has 0 fully saturated rings. The highest BCUT2D eigenvalue weighted by molar-refractivity contribution is 6.37. The van der Waals surface area contributed by atoms with Crippen molar-refractivity contribution in [2.45, 2.75) is 13.3 Å². The van der Waals surface area contributed by atoms with Crippen LogP contribution in [0.5, 0.6) is 0 Å². The molecule has 0 aromatic carbocycles. The van der Waals surface area contributed by atoms with Gasteiger partial charge in [-0.25, -0.2) is 10.8 Å². The number of nitrogens with one attached hydrogen (secondary N) is 2. The Morgan fingerprint density at radius 3 is 2.63 bits per heavy atom. The van der Waals surface area contributed by atoms with Crippen LogP contribution < -0.4 is 16.6 Å². The van der Waals surface area contributed by atoms with E-state index in [-0.39, 0.29) is 0 Å². The topological polar surface area (TPSA) is 80.8 Å². The second kappa shape index (κ2) is 5.64. The number of nitrogen functional groups attached to an aromatic ring is 1. The largest absolute Gasteiger partial charge is 0.336 e. The van der Waals surface area contributed by atoms with E-state index in [9.17, 15) is 0 Å². The fraction of sp³-hybridized carbons (Fsp3) is 0.273. The summed E-state index contributed by atoms with van der Waals surface area (Å²) in [4.78, 5) is 4.22. The molecule has 2 aromatic rings. The van der Waals surface area contributed by atoms with Gasteiger partial charge in [0.25, 0.3) is 0 Å².